The first-order valence-electron chi connectivity index (χ1n) is 11.5. The first-order chi connectivity index (χ1) is 15.2. The maximum atomic E-state index is 13.4. The van der Waals surface area contributed by atoms with Gasteiger partial charge < -0.3 is 5.32 Å². The molecule has 31 heavy (non-hydrogen) atoms. The second kappa shape index (κ2) is 7.88. The van der Waals surface area contributed by atoms with Crippen LogP contribution in [0, 0.1) is 0 Å². The number of benzene rings is 2. The van der Waals surface area contributed by atoms with Gasteiger partial charge in [-0.15, -0.1) is 11.3 Å². The molecule has 2 aromatic heterocycles. The third-order valence-corrected chi connectivity index (χ3v) is 8.19. The molecule has 5 heteroatoms. The minimum atomic E-state index is 0.109. The largest absolute Gasteiger partial charge is 0.311 e. The van der Waals surface area contributed by atoms with Crippen LogP contribution in [0.25, 0.3) is 21.0 Å². The van der Waals surface area contributed by atoms with Crippen LogP contribution in [-0.4, -0.2) is 21.6 Å². The van der Waals surface area contributed by atoms with Crippen LogP contribution in [0.2, 0.25) is 0 Å². The normalized spacial score (nSPS) is 19.3. The van der Waals surface area contributed by atoms with Crippen molar-refractivity contribution in [2.75, 3.05) is 0 Å². The predicted molar refractivity (Wildman–Crippen MR) is 128 cm³/mol. The van der Waals surface area contributed by atoms with Gasteiger partial charge in [0, 0.05) is 17.0 Å². The zero-order valence-electron chi connectivity index (χ0n) is 17.6. The van der Waals surface area contributed by atoms with Crippen molar-refractivity contribution in [2.24, 2.45) is 0 Å². The molecule has 4 nitrogen and oxygen atoms in total. The van der Waals surface area contributed by atoms with Crippen LogP contribution in [0.5, 0.6) is 0 Å². The summed E-state index contributed by atoms with van der Waals surface area (Å²) in [4.78, 5) is 20.4. The van der Waals surface area contributed by atoms with Crippen LogP contribution in [-0.2, 0) is 19.4 Å². The smallest absolute Gasteiger partial charge is 0.262 e. The lowest BCUT2D eigenvalue weighted by molar-refractivity contribution is 0.399. The Balaban J connectivity index is 1.29. The van der Waals surface area contributed by atoms with Crippen LogP contribution >= 0.6 is 11.3 Å². The fraction of sp³-hybridized carbons (Fsp3) is 0.385. The highest BCUT2D eigenvalue weighted by Gasteiger charge is 2.27. The molecular weight excluding hydrogens is 402 g/mol. The van der Waals surface area contributed by atoms with E-state index in [-0.39, 0.29) is 5.56 Å². The summed E-state index contributed by atoms with van der Waals surface area (Å²) in [7, 11) is 0. The fourth-order valence-corrected chi connectivity index (χ4v) is 6.67. The Morgan fingerprint density at radius 2 is 1.87 bits per heavy atom. The van der Waals surface area contributed by atoms with E-state index in [0.29, 0.717) is 18.6 Å². The Hall–Kier alpha value is -2.50. The van der Waals surface area contributed by atoms with E-state index >= 15 is 0 Å². The van der Waals surface area contributed by atoms with Crippen molar-refractivity contribution in [3.05, 3.63) is 75.1 Å². The molecule has 2 aliphatic carbocycles. The molecule has 0 saturated heterocycles. The number of nitrogens with one attached hydrogen (secondary N) is 1. The van der Waals surface area contributed by atoms with Gasteiger partial charge in [-0.2, -0.15) is 0 Å². The lowest BCUT2D eigenvalue weighted by Gasteiger charge is -2.26. The fourth-order valence-electron chi connectivity index (χ4n) is 5.42. The average molecular weight is 430 g/mol. The Morgan fingerprint density at radius 3 is 2.74 bits per heavy atom. The van der Waals surface area contributed by atoms with E-state index in [2.05, 4.69) is 47.8 Å². The molecule has 0 bridgehead atoms. The van der Waals surface area contributed by atoms with E-state index in [1.807, 2.05) is 0 Å². The number of aryl methyl sites for hydroxylation is 1. The van der Waals surface area contributed by atoms with Gasteiger partial charge in [0.05, 0.1) is 18.3 Å². The molecule has 0 amide bonds. The van der Waals surface area contributed by atoms with Crippen molar-refractivity contribution in [2.45, 2.75) is 63.6 Å². The number of hydrogen-bond acceptors (Lipinski definition) is 4. The minimum absolute atomic E-state index is 0.109. The van der Waals surface area contributed by atoms with E-state index in [1.165, 1.54) is 46.9 Å². The number of rotatable bonds is 4. The first kappa shape index (κ1) is 19.2. The van der Waals surface area contributed by atoms with E-state index in [4.69, 9.17) is 4.98 Å². The molecule has 4 aromatic rings. The Bertz CT molecular complexity index is 1320. The summed E-state index contributed by atoms with van der Waals surface area (Å²) in [6.07, 6.45) is 10.2. The molecule has 1 N–H and O–H groups in total. The summed E-state index contributed by atoms with van der Waals surface area (Å²) in [6.45, 7) is 0.559. The molecule has 2 aromatic carbocycles. The van der Waals surface area contributed by atoms with Crippen LogP contribution in [0.3, 0.4) is 0 Å². The highest BCUT2D eigenvalue weighted by molar-refractivity contribution is 7.18. The van der Waals surface area contributed by atoms with Gasteiger partial charge in [-0.3, -0.25) is 9.36 Å². The second-order valence-electron chi connectivity index (χ2n) is 9.13. The zero-order valence-corrected chi connectivity index (χ0v) is 18.5. The van der Waals surface area contributed by atoms with Crippen molar-refractivity contribution < 1.29 is 0 Å². The zero-order chi connectivity index (χ0) is 20.8. The number of fused-ring (bicyclic) bond motifs is 4. The predicted octanol–water partition coefficient (Wildman–Crippen LogP) is 5.05. The molecule has 0 spiro atoms. The number of nitrogens with zero attached hydrogens (tertiary/aromatic N) is 2. The van der Waals surface area contributed by atoms with Gasteiger partial charge >= 0.3 is 0 Å². The molecule has 2 heterocycles. The maximum Gasteiger partial charge on any atom is 0.262 e. The van der Waals surface area contributed by atoms with Gasteiger partial charge in [-0.05, 0) is 60.1 Å². The summed E-state index contributed by atoms with van der Waals surface area (Å²) in [5, 5.41) is 7.17. The quantitative estimate of drug-likeness (QED) is 0.494. The Labute approximate surface area is 185 Å². The molecule has 6 rings (SSSR count). The molecule has 0 radical (unpaired) electrons. The topological polar surface area (TPSA) is 46.9 Å². The van der Waals surface area contributed by atoms with Crippen molar-refractivity contribution in [3.63, 3.8) is 0 Å². The van der Waals surface area contributed by atoms with Gasteiger partial charge in [0.1, 0.15) is 4.83 Å². The van der Waals surface area contributed by atoms with Gasteiger partial charge in [0.15, 0.2) is 0 Å². The minimum Gasteiger partial charge on any atom is -0.311 e. The first-order valence-corrected chi connectivity index (χ1v) is 12.3. The standard InChI is InChI=1S/C26H27N3OS/c30-26-24-22-12-11-21(28-20-7-3-4-8-20)14-23(22)31-25(24)27-16-29(26)15-17-9-10-18-5-1-2-6-19(18)13-17/h1-2,5-6,9-10,13,16,20-21,28H,3-4,7-8,11-12,14-15H2. The molecule has 1 atom stereocenters. The van der Waals surface area contributed by atoms with Crippen molar-refractivity contribution in [1.29, 1.82) is 0 Å². The van der Waals surface area contributed by atoms with Gasteiger partial charge in [0.2, 0.25) is 0 Å². The van der Waals surface area contributed by atoms with Crippen LogP contribution < -0.4 is 10.9 Å². The lowest BCUT2D eigenvalue weighted by atomic mass is 9.92. The number of aromatic nitrogens is 2. The maximum absolute atomic E-state index is 13.4. The highest BCUT2D eigenvalue weighted by Crippen LogP contribution is 2.34. The summed E-state index contributed by atoms with van der Waals surface area (Å²) in [6, 6.07) is 16.0. The van der Waals surface area contributed by atoms with E-state index in [1.54, 1.807) is 22.2 Å². The van der Waals surface area contributed by atoms with E-state index in [9.17, 15) is 4.79 Å². The third-order valence-electron chi connectivity index (χ3n) is 7.03. The molecular formula is C26H27N3OS. The molecule has 1 saturated carbocycles. The number of hydrogen-bond donors (Lipinski definition) is 1. The van der Waals surface area contributed by atoms with Crippen LogP contribution in [0.15, 0.2) is 53.6 Å². The average Bonchev–Trinajstić information content (AvgIpc) is 3.43. The van der Waals surface area contributed by atoms with Gasteiger partial charge in [0.25, 0.3) is 5.56 Å². The summed E-state index contributed by atoms with van der Waals surface area (Å²) >= 11 is 1.73. The third kappa shape index (κ3) is 3.60. The van der Waals surface area contributed by atoms with Gasteiger partial charge in [-0.1, -0.05) is 49.2 Å². The summed E-state index contributed by atoms with van der Waals surface area (Å²) in [5.74, 6) is 0. The van der Waals surface area contributed by atoms with Crippen molar-refractivity contribution in [1.82, 2.24) is 14.9 Å². The summed E-state index contributed by atoms with van der Waals surface area (Å²) < 4.78 is 1.78. The van der Waals surface area contributed by atoms with Gasteiger partial charge in [-0.25, -0.2) is 4.98 Å². The van der Waals surface area contributed by atoms with Crippen LogP contribution in [0.4, 0.5) is 0 Å². The van der Waals surface area contributed by atoms with Crippen molar-refractivity contribution in [3.8, 4) is 0 Å². The highest BCUT2D eigenvalue weighted by atomic mass is 32.1. The SMILES string of the molecule is O=c1c2c3c(sc2ncn1Cc1ccc2ccccc2c1)CC(NC1CCCC1)CC3. The lowest BCUT2D eigenvalue weighted by Crippen LogP contribution is -2.40. The number of thiophene rings is 1. The molecule has 1 unspecified atom stereocenters. The molecule has 1 fully saturated rings. The Morgan fingerprint density at radius 1 is 1.03 bits per heavy atom. The monoisotopic (exact) mass is 429 g/mol. The van der Waals surface area contributed by atoms with Crippen LogP contribution in [0.1, 0.15) is 48.1 Å². The summed E-state index contributed by atoms with van der Waals surface area (Å²) in [5.41, 5.74) is 2.50. The molecule has 158 valence electrons. The van der Waals surface area contributed by atoms with E-state index < -0.39 is 0 Å². The molecule has 0 aliphatic heterocycles. The van der Waals surface area contributed by atoms with Crippen molar-refractivity contribution >= 4 is 32.3 Å². The Kier molecular flexibility index (Phi) is 4.88. The molecule has 2 aliphatic rings. The second-order valence-corrected chi connectivity index (χ2v) is 10.2. The van der Waals surface area contributed by atoms with E-state index in [0.717, 1.165) is 35.0 Å².